The van der Waals surface area contributed by atoms with Gasteiger partial charge in [-0.15, -0.1) is 0 Å². The molecule has 1 rings (SSSR count). The second-order valence-corrected chi connectivity index (χ2v) is 4.73. The highest BCUT2D eigenvalue weighted by Gasteiger charge is 2.05. The van der Waals surface area contributed by atoms with Gasteiger partial charge in [-0.1, -0.05) is 17.7 Å². The van der Waals surface area contributed by atoms with E-state index in [1.807, 2.05) is 0 Å². The molecular weight excluding hydrogens is 176 g/mol. The Morgan fingerprint density at radius 1 is 1.00 bits per heavy atom. The van der Waals surface area contributed by atoms with Gasteiger partial charge in [-0.2, -0.15) is 0 Å². The summed E-state index contributed by atoms with van der Waals surface area (Å²) in [6.07, 6.45) is 4.48. The van der Waals surface area contributed by atoms with Crippen molar-refractivity contribution in [1.82, 2.24) is 0 Å². The van der Waals surface area contributed by atoms with E-state index in [2.05, 4.69) is 43.7 Å². The summed E-state index contributed by atoms with van der Waals surface area (Å²) in [6, 6.07) is 8.75. The molecule has 1 aromatic rings. The Morgan fingerprint density at radius 3 is 1.82 bits per heavy atom. The number of rotatable bonds is 1. The summed E-state index contributed by atoms with van der Waals surface area (Å²) in [7, 11) is 0.413. The Bertz CT molecular complexity index is 203. The highest BCUT2D eigenvalue weighted by Crippen LogP contribution is 2.09. The minimum Gasteiger partial charge on any atom is -1.00 e. The van der Waals surface area contributed by atoms with E-state index in [0.717, 1.165) is 0 Å². The fourth-order valence-electron chi connectivity index (χ4n) is 0.810. The van der Waals surface area contributed by atoms with Gasteiger partial charge < -0.3 is 12.4 Å². The van der Waals surface area contributed by atoms with Crippen LogP contribution in [0.1, 0.15) is 5.56 Å². The van der Waals surface area contributed by atoms with Gasteiger partial charge in [0, 0.05) is 10.9 Å². The Hall–Kier alpha value is -0.140. The molecule has 0 atom stereocenters. The maximum absolute atomic E-state index is 2.24. The van der Waals surface area contributed by atoms with Crippen molar-refractivity contribution < 1.29 is 12.4 Å². The summed E-state index contributed by atoms with van der Waals surface area (Å²) in [5.41, 5.74) is 1.34. The van der Waals surface area contributed by atoms with E-state index in [0.29, 0.717) is 10.9 Å². The monoisotopic (exact) mass is 188 g/mol. The zero-order valence-corrected chi connectivity index (χ0v) is 8.67. The lowest BCUT2D eigenvalue weighted by Crippen LogP contribution is -3.00. The molecular formula is C9H13ClS. The van der Waals surface area contributed by atoms with Crippen LogP contribution < -0.4 is 12.4 Å². The molecule has 0 saturated carbocycles. The molecule has 0 aliphatic rings. The standard InChI is InChI=1S/C9H13S.ClH/c1-8-4-6-9(7-5-8)10(2)3;/h4-7H,1-3H3;1H/q+1;/p-1. The second-order valence-electron chi connectivity index (χ2n) is 2.63. The molecule has 0 aliphatic carbocycles. The molecule has 1 aromatic carbocycles. The van der Waals surface area contributed by atoms with E-state index in [1.165, 1.54) is 10.5 Å². The first-order valence-corrected chi connectivity index (χ1v) is 5.38. The van der Waals surface area contributed by atoms with Gasteiger partial charge in [0.2, 0.25) is 0 Å². The van der Waals surface area contributed by atoms with E-state index in [1.54, 1.807) is 0 Å². The predicted octanol–water partition coefficient (Wildman–Crippen LogP) is -0.764. The molecule has 0 aromatic heterocycles. The molecule has 0 aliphatic heterocycles. The van der Waals surface area contributed by atoms with Crippen LogP contribution in [-0.2, 0) is 10.9 Å². The van der Waals surface area contributed by atoms with Crippen LogP contribution in [0.4, 0.5) is 0 Å². The summed E-state index contributed by atoms with van der Waals surface area (Å²) in [5, 5.41) is 0. The molecule has 0 nitrogen and oxygen atoms in total. The molecule has 62 valence electrons. The summed E-state index contributed by atoms with van der Waals surface area (Å²) in [4.78, 5) is 1.45. The minimum atomic E-state index is 0. The maximum Gasteiger partial charge on any atom is 0.154 e. The summed E-state index contributed by atoms with van der Waals surface area (Å²) in [5.74, 6) is 0. The van der Waals surface area contributed by atoms with Crippen LogP contribution in [0.15, 0.2) is 29.2 Å². The van der Waals surface area contributed by atoms with Crippen LogP contribution >= 0.6 is 0 Å². The van der Waals surface area contributed by atoms with Gasteiger partial charge >= 0.3 is 0 Å². The smallest absolute Gasteiger partial charge is 0.154 e. The van der Waals surface area contributed by atoms with E-state index in [-0.39, 0.29) is 12.4 Å². The Morgan fingerprint density at radius 2 is 1.45 bits per heavy atom. The number of benzene rings is 1. The highest BCUT2D eigenvalue weighted by molar-refractivity contribution is 7.95. The molecule has 0 spiro atoms. The van der Waals surface area contributed by atoms with Crippen LogP contribution in [-0.4, -0.2) is 12.5 Å². The molecule has 0 saturated heterocycles. The molecule has 0 unspecified atom stereocenters. The number of hydrogen-bond donors (Lipinski definition) is 0. The third-order valence-electron chi connectivity index (χ3n) is 1.49. The Balaban J connectivity index is 0.000001000. The highest BCUT2D eigenvalue weighted by atomic mass is 35.5. The molecule has 0 radical (unpaired) electrons. The summed E-state index contributed by atoms with van der Waals surface area (Å²) >= 11 is 0. The largest absolute Gasteiger partial charge is 1.00 e. The quantitative estimate of drug-likeness (QED) is 0.509. The van der Waals surface area contributed by atoms with Gasteiger partial charge in [0.15, 0.2) is 4.90 Å². The van der Waals surface area contributed by atoms with Gasteiger partial charge in [0.1, 0.15) is 12.5 Å². The lowest BCUT2D eigenvalue weighted by Gasteiger charge is -1.95. The third kappa shape index (κ3) is 3.17. The van der Waals surface area contributed by atoms with Crippen molar-refractivity contribution in [3.63, 3.8) is 0 Å². The van der Waals surface area contributed by atoms with Crippen molar-refractivity contribution in [2.24, 2.45) is 0 Å². The van der Waals surface area contributed by atoms with Crippen LogP contribution in [0.2, 0.25) is 0 Å². The van der Waals surface area contributed by atoms with Crippen LogP contribution in [0.5, 0.6) is 0 Å². The average Bonchev–Trinajstić information content (AvgIpc) is 1.88. The van der Waals surface area contributed by atoms with Crippen LogP contribution in [0.25, 0.3) is 0 Å². The van der Waals surface area contributed by atoms with E-state index in [4.69, 9.17) is 0 Å². The van der Waals surface area contributed by atoms with Gasteiger partial charge in [0.25, 0.3) is 0 Å². The van der Waals surface area contributed by atoms with Gasteiger partial charge in [-0.3, -0.25) is 0 Å². The topological polar surface area (TPSA) is 0 Å². The van der Waals surface area contributed by atoms with Crippen molar-refractivity contribution in [1.29, 1.82) is 0 Å². The minimum absolute atomic E-state index is 0. The second kappa shape index (κ2) is 4.68. The van der Waals surface area contributed by atoms with Crippen LogP contribution in [0.3, 0.4) is 0 Å². The zero-order valence-electron chi connectivity index (χ0n) is 7.10. The predicted molar refractivity (Wildman–Crippen MR) is 48.7 cm³/mol. The van der Waals surface area contributed by atoms with Gasteiger partial charge in [0.05, 0.1) is 0 Å². The molecule has 0 amide bonds. The Kier molecular flexibility index (Phi) is 4.62. The van der Waals surface area contributed by atoms with Gasteiger partial charge in [-0.05, 0) is 19.1 Å². The average molecular weight is 189 g/mol. The van der Waals surface area contributed by atoms with E-state index < -0.39 is 0 Å². The van der Waals surface area contributed by atoms with Crippen molar-refractivity contribution in [3.05, 3.63) is 29.8 Å². The normalized spacial score (nSPS) is 9.45. The summed E-state index contributed by atoms with van der Waals surface area (Å²) in [6.45, 7) is 2.12. The van der Waals surface area contributed by atoms with Crippen molar-refractivity contribution in [3.8, 4) is 0 Å². The SMILES string of the molecule is Cc1ccc([S+](C)C)cc1.[Cl-]. The molecule has 0 bridgehead atoms. The summed E-state index contributed by atoms with van der Waals surface area (Å²) < 4.78 is 0. The lowest BCUT2D eigenvalue weighted by atomic mass is 10.2. The van der Waals surface area contributed by atoms with Gasteiger partial charge in [-0.25, -0.2) is 0 Å². The fraction of sp³-hybridized carbons (Fsp3) is 0.333. The molecule has 0 fully saturated rings. The molecule has 2 heteroatoms. The first-order valence-electron chi connectivity index (χ1n) is 3.34. The Labute approximate surface area is 77.8 Å². The number of aryl methyl sites for hydroxylation is 1. The van der Waals surface area contributed by atoms with E-state index >= 15 is 0 Å². The lowest BCUT2D eigenvalue weighted by molar-refractivity contribution is -0.00000226. The number of halogens is 1. The zero-order chi connectivity index (χ0) is 7.56. The van der Waals surface area contributed by atoms with E-state index in [9.17, 15) is 0 Å². The molecule has 11 heavy (non-hydrogen) atoms. The molecule has 0 N–H and O–H groups in total. The van der Waals surface area contributed by atoms with Crippen molar-refractivity contribution in [2.45, 2.75) is 11.8 Å². The first-order chi connectivity index (χ1) is 4.70. The number of hydrogen-bond acceptors (Lipinski definition) is 0. The first kappa shape index (κ1) is 10.9. The van der Waals surface area contributed by atoms with Crippen LogP contribution in [0, 0.1) is 6.92 Å². The fourth-order valence-corrected chi connectivity index (χ4v) is 1.49. The third-order valence-corrected chi connectivity index (χ3v) is 2.71. The van der Waals surface area contributed by atoms with Crippen molar-refractivity contribution >= 4 is 10.9 Å². The molecule has 0 heterocycles. The van der Waals surface area contributed by atoms with Crippen molar-refractivity contribution in [2.75, 3.05) is 12.5 Å². The maximum atomic E-state index is 2.24.